The van der Waals surface area contributed by atoms with Crippen molar-refractivity contribution in [3.8, 4) is 0 Å². The number of carbonyl (C=O) groups excluding carboxylic acids is 1. The van der Waals surface area contributed by atoms with Gasteiger partial charge in [0, 0.05) is 18.0 Å². The number of thioether (sulfide) groups is 1. The summed E-state index contributed by atoms with van der Waals surface area (Å²) in [5.41, 5.74) is 1.08. The molecule has 29 heavy (non-hydrogen) atoms. The van der Waals surface area contributed by atoms with E-state index in [2.05, 4.69) is 26.1 Å². The second-order valence-electron chi connectivity index (χ2n) is 8.01. The Bertz CT molecular complexity index is 929. The van der Waals surface area contributed by atoms with Crippen LogP contribution in [0.4, 0.5) is 0 Å². The van der Waals surface area contributed by atoms with Gasteiger partial charge in [0.1, 0.15) is 4.83 Å². The van der Waals surface area contributed by atoms with Gasteiger partial charge in [0.15, 0.2) is 5.16 Å². The lowest BCUT2D eigenvalue weighted by Crippen LogP contribution is -2.34. The number of hydrogen-bond acceptors (Lipinski definition) is 6. The first-order valence-electron chi connectivity index (χ1n) is 10.4. The molecule has 0 radical (unpaired) electrons. The third-order valence-electron chi connectivity index (χ3n) is 5.18. The zero-order chi connectivity index (χ0) is 21.1. The summed E-state index contributed by atoms with van der Waals surface area (Å²) in [7, 11) is 0. The van der Waals surface area contributed by atoms with Crippen LogP contribution in [0.3, 0.4) is 0 Å². The molecule has 160 valence electrons. The van der Waals surface area contributed by atoms with Gasteiger partial charge in [-0.1, -0.05) is 32.5 Å². The number of nitrogens with one attached hydrogen (secondary N) is 1. The maximum atomic E-state index is 13.5. The van der Waals surface area contributed by atoms with E-state index in [4.69, 9.17) is 9.72 Å². The van der Waals surface area contributed by atoms with Crippen molar-refractivity contribution >= 4 is 39.2 Å². The predicted octanol–water partition coefficient (Wildman–Crippen LogP) is 3.76. The average molecular weight is 438 g/mol. The summed E-state index contributed by atoms with van der Waals surface area (Å²) in [6, 6.07) is 0. The van der Waals surface area contributed by atoms with Gasteiger partial charge in [0.25, 0.3) is 5.56 Å². The Balaban J connectivity index is 1.97. The summed E-state index contributed by atoms with van der Waals surface area (Å²) >= 11 is 2.92. The minimum Gasteiger partial charge on any atom is -0.376 e. The van der Waals surface area contributed by atoms with Crippen molar-refractivity contribution < 1.29 is 9.53 Å². The van der Waals surface area contributed by atoms with Crippen molar-refractivity contribution in [3.05, 3.63) is 20.8 Å². The number of hydrogen-bond donors (Lipinski definition) is 1. The maximum Gasteiger partial charge on any atom is 0.263 e. The van der Waals surface area contributed by atoms with E-state index in [-0.39, 0.29) is 22.8 Å². The van der Waals surface area contributed by atoms with Gasteiger partial charge in [-0.25, -0.2) is 4.98 Å². The Morgan fingerprint density at radius 1 is 1.41 bits per heavy atom. The van der Waals surface area contributed by atoms with Crippen LogP contribution >= 0.6 is 23.1 Å². The van der Waals surface area contributed by atoms with Crippen molar-refractivity contribution in [1.82, 2.24) is 14.9 Å². The van der Waals surface area contributed by atoms with Crippen LogP contribution in [0.2, 0.25) is 0 Å². The van der Waals surface area contributed by atoms with Gasteiger partial charge in [0.05, 0.1) is 23.3 Å². The summed E-state index contributed by atoms with van der Waals surface area (Å²) in [6.45, 7) is 12.0. The molecule has 1 aliphatic rings. The Hall–Kier alpha value is -1.38. The third-order valence-corrected chi connectivity index (χ3v) is 7.31. The predicted molar refractivity (Wildman–Crippen MR) is 120 cm³/mol. The van der Waals surface area contributed by atoms with Gasteiger partial charge in [-0.05, 0) is 44.6 Å². The van der Waals surface area contributed by atoms with E-state index in [1.165, 1.54) is 11.8 Å². The van der Waals surface area contributed by atoms with Crippen molar-refractivity contribution in [3.63, 3.8) is 0 Å². The molecule has 3 heterocycles. The fourth-order valence-corrected chi connectivity index (χ4v) is 5.66. The van der Waals surface area contributed by atoms with Crippen molar-refractivity contribution in [2.24, 2.45) is 5.92 Å². The Morgan fingerprint density at radius 3 is 2.79 bits per heavy atom. The Morgan fingerprint density at radius 2 is 2.17 bits per heavy atom. The molecule has 2 aromatic heterocycles. The van der Waals surface area contributed by atoms with Crippen LogP contribution in [-0.2, 0) is 22.5 Å². The molecule has 0 saturated carbocycles. The number of aryl methyl sites for hydroxylation is 2. The minimum absolute atomic E-state index is 0.0102. The van der Waals surface area contributed by atoms with Crippen LogP contribution in [0, 0.1) is 12.8 Å². The third kappa shape index (κ3) is 5.03. The van der Waals surface area contributed by atoms with E-state index >= 15 is 0 Å². The minimum atomic E-state index is -0.333. The zero-order valence-electron chi connectivity index (χ0n) is 17.9. The Labute approximate surface area is 180 Å². The van der Waals surface area contributed by atoms with Gasteiger partial charge >= 0.3 is 0 Å². The summed E-state index contributed by atoms with van der Waals surface area (Å²) in [5, 5.41) is 3.98. The van der Waals surface area contributed by atoms with E-state index in [9.17, 15) is 9.59 Å². The molecule has 1 fully saturated rings. The molecule has 0 aliphatic carbocycles. The quantitative estimate of drug-likeness (QED) is 0.503. The fraction of sp³-hybridized carbons (Fsp3) is 0.667. The van der Waals surface area contributed by atoms with E-state index < -0.39 is 0 Å². The number of amides is 1. The standard InChI is InChI=1S/C21H31N3O3S2/c1-6-16-13(4)28-19-17(16)20(26)24(11-15-8-7-9-27-15)21(23-19)29-14(5)18(25)22-10-12(2)3/h12,14-15H,6-11H2,1-5H3,(H,22,25). The van der Waals surface area contributed by atoms with Crippen LogP contribution < -0.4 is 10.9 Å². The molecule has 0 aromatic carbocycles. The second kappa shape index (κ2) is 9.62. The molecular formula is C21H31N3O3S2. The van der Waals surface area contributed by atoms with Crippen molar-refractivity contribution in [2.45, 2.75) is 76.9 Å². The molecule has 1 saturated heterocycles. The topological polar surface area (TPSA) is 73.2 Å². The molecule has 2 aromatic rings. The van der Waals surface area contributed by atoms with Crippen LogP contribution in [0.1, 0.15) is 51.0 Å². The maximum absolute atomic E-state index is 13.5. The molecule has 2 atom stereocenters. The largest absolute Gasteiger partial charge is 0.376 e. The summed E-state index contributed by atoms with van der Waals surface area (Å²) in [6.07, 6.45) is 2.80. The van der Waals surface area contributed by atoms with Crippen molar-refractivity contribution in [1.29, 1.82) is 0 Å². The molecule has 1 aliphatic heterocycles. The summed E-state index contributed by atoms with van der Waals surface area (Å²) in [5.74, 6) is 0.364. The van der Waals surface area contributed by atoms with E-state index in [0.717, 1.165) is 46.5 Å². The van der Waals surface area contributed by atoms with E-state index in [1.807, 2.05) is 13.8 Å². The molecule has 1 N–H and O–H groups in total. The lowest BCUT2D eigenvalue weighted by Gasteiger charge is -2.18. The molecular weight excluding hydrogens is 406 g/mol. The lowest BCUT2D eigenvalue weighted by molar-refractivity contribution is -0.120. The van der Waals surface area contributed by atoms with Gasteiger partial charge < -0.3 is 10.1 Å². The number of ether oxygens (including phenoxy) is 1. The smallest absolute Gasteiger partial charge is 0.263 e. The molecule has 2 unspecified atom stereocenters. The van der Waals surface area contributed by atoms with Crippen LogP contribution in [0.15, 0.2) is 9.95 Å². The van der Waals surface area contributed by atoms with E-state index in [0.29, 0.717) is 24.2 Å². The highest BCUT2D eigenvalue weighted by Gasteiger charge is 2.25. The van der Waals surface area contributed by atoms with Gasteiger partial charge in [-0.2, -0.15) is 0 Å². The highest BCUT2D eigenvalue weighted by Crippen LogP contribution is 2.31. The summed E-state index contributed by atoms with van der Waals surface area (Å²) < 4.78 is 7.52. The number of aromatic nitrogens is 2. The molecule has 0 bridgehead atoms. The number of nitrogens with zero attached hydrogens (tertiary/aromatic N) is 2. The van der Waals surface area contributed by atoms with Gasteiger partial charge in [0.2, 0.25) is 5.91 Å². The normalized spacial score (nSPS) is 17.9. The highest BCUT2D eigenvalue weighted by molar-refractivity contribution is 8.00. The summed E-state index contributed by atoms with van der Waals surface area (Å²) in [4.78, 5) is 32.7. The monoisotopic (exact) mass is 437 g/mol. The van der Waals surface area contributed by atoms with Gasteiger partial charge in [-0.3, -0.25) is 14.2 Å². The van der Waals surface area contributed by atoms with Crippen LogP contribution in [-0.4, -0.2) is 40.0 Å². The van der Waals surface area contributed by atoms with Crippen LogP contribution in [0.25, 0.3) is 10.2 Å². The average Bonchev–Trinajstić information content (AvgIpc) is 3.29. The lowest BCUT2D eigenvalue weighted by atomic mass is 10.1. The molecule has 8 heteroatoms. The number of fused-ring (bicyclic) bond motifs is 1. The SMILES string of the molecule is CCc1c(C)sc2nc(SC(C)C(=O)NCC(C)C)n(CC3CCCO3)c(=O)c12. The van der Waals surface area contributed by atoms with Gasteiger partial charge in [-0.15, -0.1) is 11.3 Å². The van der Waals surface area contributed by atoms with Crippen LogP contribution in [0.5, 0.6) is 0 Å². The Kier molecular flexibility index (Phi) is 7.40. The highest BCUT2D eigenvalue weighted by atomic mass is 32.2. The number of thiophene rings is 1. The molecule has 1 amide bonds. The first kappa shape index (κ1) is 22.3. The second-order valence-corrected chi connectivity index (χ2v) is 10.5. The van der Waals surface area contributed by atoms with Crippen molar-refractivity contribution in [2.75, 3.05) is 13.2 Å². The fourth-order valence-electron chi connectivity index (χ4n) is 3.56. The number of carbonyl (C=O) groups is 1. The van der Waals surface area contributed by atoms with E-state index in [1.54, 1.807) is 15.9 Å². The first-order chi connectivity index (χ1) is 13.8. The first-order valence-corrected chi connectivity index (χ1v) is 12.1. The number of rotatable bonds is 8. The molecule has 6 nitrogen and oxygen atoms in total. The molecule has 3 rings (SSSR count). The molecule has 0 spiro atoms. The zero-order valence-corrected chi connectivity index (χ0v) is 19.5.